The van der Waals surface area contributed by atoms with Crippen LogP contribution in [-0.2, 0) is 6.42 Å². The zero-order valence-corrected chi connectivity index (χ0v) is 12.0. The van der Waals surface area contributed by atoms with Gasteiger partial charge in [-0.2, -0.15) is 0 Å². The molecule has 6 heteroatoms. The lowest BCUT2D eigenvalue weighted by atomic mass is 10.3. The molecule has 3 rings (SSSR count). The van der Waals surface area contributed by atoms with Crippen molar-refractivity contribution in [3.05, 3.63) is 16.2 Å². The highest BCUT2D eigenvalue weighted by Gasteiger charge is 2.19. The van der Waals surface area contributed by atoms with E-state index in [1.54, 1.807) is 22.7 Å². The van der Waals surface area contributed by atoms with Gasteiger partial charge >= 0.3 is 0 Å². The number of aryl methyl sites for hydroxylation is 2. The largest absolute Gasteiger partial charge is 0.314 e. The van der Waals surface area contributed by atoms with E-state index in [1.165, 1.54) is 12.8 Å². The molecule has 2 aromatic rings. The van der Waals surface area contributed by atoms with Gasteiger partial charge in [-0.15, -0.1) is 21.5 Å². The van der Waals surface area contributed by atoms with Crippen molar-refractivity contribution in [2.45, 2.75) is 38.6 Å². The van der Waals surface area contributed by atoms with Gasteiger partial charge < -0.3 is 5.32 Å². The molecule has 1 N–H and O–H groups in total. The molecule has 0 radical (unpaired) electrons. The van der Waals surface area contributed by atoms with Gasteiger partial charge in [-0.1, -0.05) is 11.3 Å². The molecule has 1 saturated carbocycles. The van der Waals surface area contributed by atoms with E-state index in [1.807, 2.05) is 12.4 Å². The number of rotatable bonds is 6. The van der Waals surface area contributed by atoms with Gasteiger partial charge in [-0.25, -0.2) is 4.98 Å². The van der Waals surface area contributed by atoms with Gasteiger partial charge in [-0.3, -0.25) is 0 Å². The maximum atomic E-state index is 4.27. The second-order valence-electron chi connectivity index (χ2n) is 4.60. The molecule has 1 aliphatic rings. The number of hydrogen-bond acceptors (Lipinski definition) is 6. The Labute approximate surface area is 114 Å². The summed E-state index contributed by atoms with van der Waals surface area (Å²) in [6.07, 6.45) is 4.88. The SMILES string of the molecule is Cc1ncsc1-c1nnc(CCCNC2CC2)s1. The fourth-order valence-corrected chi connectivity index (χ4v) is 3.61. The smallest absolute Gasteiger partial charge is 0.159 e. The van der Waals surface area contributed by atoms with Crippen LogP contribution in [0.4, 0.5) is 0 Å². The Balaban J connectivity index is 1.54. The van der Waals surface area contributed by atoms with Gasteiger partial charge in [-0.05, 0) is 32.7 Å². The van der Waals surface area contributed by atoms with Crippen molar-refractivity contribution in [1.29, 1.82) is 0 Å². The van der Waals surface area contributed by atoms with E-state index in [4.69, 9.17) is 0 Å². The molecule has 0 bridgehead atoms. The van der Waals surface area contributed by atoms with E-state index >= 15 is 0 Å². The van der Waals surface area contributed by atoms with Gasteiger partial charge in [0.1, 0.15) is 5.01 Å². The highest BCUT2D eigenvalue weighted by Crippen LogP contribution is 2.30. The fourth-order valence-electron chi connectivity index (χ4n) is 1.79. The molecule has 0 atom stereocenters. The van der Waals surface area contributed by atoms with Gasteiger partial charge in [0.15, 0.2) is 5.01 Å². The quantitative estimate of drug-likeness (QED) is 0.827. The summed E-state index contributed by atoms with van der Waals surface area (Å²) < 4.78 is 0. The zero-order valence-electron chi connectivity index (χ0n) is 10.3. The van der Waals surface area contributed by atoms with Crippen LogP contribution in [-0.4, -0.2) is 27.8 Å². The second-order valence-corrected chi connectivity index (χ2v) is 6.52. The maximum Gasteiger partial charge on any atom is 0.159 e. The van der Waals surface area contributed by atoms with E-state index in [2.05, 4.69) is 20.5 Å². The highest BCUT2D eigenvalue weighted by molar-refractivity contribution is 7.20. The van der Waals surface area contributed by atoms with Crippen molar-refractivity contribution < 1.29 is 0 Å². The van der Waals surface area contributed by atoms with E-state index in [-0.39, 0.29) is 0 Å². The number of nitrogens with zero attached hydrogens (tertiary/aromatic N) is 3. The summed E-state index contributed by atoms with van der Waals surface area (Å²) in [4.78, 5) is 5.41. The Hall–Kier alpha value is -0.850. The van der Waals surface area contributed by atoms with Crippen LogP contribution in [0.15, 0.2) is 5.51 Å². The third-order valence-corrected chi connectivity index (χ3v) is 5.05. The monoisotopic (exact) mass is 280 g/mol. The Morgan fingerprint density at radius 2 is 2.28 bits per heavy atom. The minimum atomic E-state index is 0.801. The zero-order chi connectivity index (χ0) is 12.4. The molecule has 4 nitrogen and oxygen atoms in total. The van der Waals surface area contributed by atoms with Crippen LogP contribution in [0.25, 0.3) is 9.88 Å². The summed E-state index contributed by atoms with van der Waals surface area (Å²) in [6.45, 7) is 3.12. The Morgan fingerprint density at radius 3 is 3.00 bits per heavy atom. The Bertz CT molecular complexity index is 516. The molecule has 1 fully saturated rings. The molecule has 0 spiro atoms. The lowest BCUT2D eigenvalue weighted by Gasteiger charge is -1.99. The minimum absolute atomic E-state index is 0.801. The summed E-state index contributed by atoms with van der Waals surface area (Å²) in [5.74, 6) is 0. The molecule has 2 aromatic heterocycles. The first kappa shape index (κ1) is 12.2. The van der Waals surface area contributed by atoms with Crippen LogP contribution < -0.4 is 5.32 Å². The predicted molar refractivity (Wildman–Crippen MR) is 75.1 cm³/mol. The third kappa shape index (κ3) is 2.93. The predicted octanol–water partition coefficient (Wildman–Crippen LogP) is 2.65. The van der Waals surface area contributed by atoms with Gasteiger partial charge in [0, 0.05) is 12.5 Å². The topological polar surface area (TPSA) is 50.7 Å². The average molecular weight is 280 g/mol. The molecule has 0 saturated heterocycles. The molecule has 0 aliphatic heterocycles. The lowest BCUT2D eigenvalue weighted by molar-refractivity contribution is 0.643. The Kier molecular flexibility index (Phi) is 3.67. The van der Waals surface area contributed by atoms with Crippen LogP contribution in [0.1, 0.15) is 30.0 Å². The second kappa shape index (κ2) is 5.42. The van der Waals surface area contributed by atoms with Crippen LogP contribution in [0.2, 0.25) is 0 Å². The first-order valence-electron chi connectivity index (χ1n) is 6.29. The Morgan fingerprint density at radius 1 is 1.39 bits per heavy atom. The van der Waals surface area contributed by atoms with E-state index in [9.17, 15) is 0 Å². The van der Waals surface area contributed by atoms with E-state index < -0.39 is 0 Å². The number of thiazole rings is 1. The maximum absolute atomic E-state index is 4.27. The van der Waals surface area contributed by atoms with Gasteiger partial charge in [0.05, 0.1) is 16.1 Å². The molecule has 18 heavy (non-hydrogen) atoms. The van der Waals surface area contributed by atoms with Crippen molar-refractivity contribution in [2.24, 2.45) is 0 Å². The van der Waals surface area contributed by atoms with Crippen molar-refractivity contribution in [2.75, 3.05) is 6.54 Å². The van der Waals surface area contributed by atoms with E-state index in [0.29, 0.717) is 0 Å². The number of aromatic nitrogens is 3. The van der Waals surface area contributed by atoms with Crippen molar-refractivity contribution in [3.8, 4) is 9.88 Å². The first-order chi connectivity index (χ1) is 8.83. The van der Waals surface area contributed by atoms with Gasteiger partial charge in [0.2, 0.25) is 0 Å². The molecular weight excluding hydrogens is 264 g/mol. The summed E-state index contributed by atoms with van der Waals surface area (Å²) in [7, 11) is 0. The number of nitrogens with one attached hydrogen (secondary N) is 1. The molecule has 0 unspecified atom stereocenters. The lowest BCUT2D eigenvalue weighted by Crippen LogP contribution is -2.17. The van der Waals surface area contributed by atoms with Crippen LogP contribution in [0, 0.1) is 6.92 Å². The summed E-state index contributed by atoms with van der Waals surface area (Å²) in [5, 5.41) is 14.2. The standard InChI is InChI=1S/C12H16N4S2/c1-8-11(17-7-14-8)12-16-15-10(18-12)3-2-6-13-9-4-5-9/h7,9,13H,2-6H2,1H3. The summed E-state index contributed by atoms with van der Waals surface area (Å²) >= 11 is 3.34. The minimum Gasteiger partial charge on any atom is -0.314 e. The van der Waals surface area contributed by atoms with Crippen molar-refractivity contribution >= 4 is 22.7 Å². The molecule has 0 aromatic carbocycles. The first-order valence-corrected chi connectivity index (χ1v) is 7.99. The third-order valence-electron chi connectivity index (χ3n) is 2.98. The van der Waals surface area contributed by atoms with Crippen molar-refractivity contribution in [3.63, 3.8) is 0 Å². The summed E-state index contributed by atoms with van der Waals surface area (Å²) in [5.41, 5.74) is 2.92. The molecule has 96 valence electrons. The fraction of sp³-hybridized carbons (Fsp3) is 0.583. The summed E-state index contributed by atoms with van der Waals surface area (Å²) in [6, 6.07) is 0.801. The average Bonchev–Trinajstić information content (AvgIpc) is 2.90. The molecule has 2 heterocycles. The van der Waals surface area contributed by atoms with Crippen LogP contribution in [0.3, 0.4) is 0 Å². The normalized spacial score (nSPS) is 15.2. The molecule has 0 amide bonds. The number of hydrogen-bond donors (Lipinski definition) is 1. The van der Waals surface area contributed by atoms with E-state index in [0.717, 1.165) is 46.0 Å². The van der Waals surface area contributed by atoms with Gasteiger partial charge in [0.25, 0.3) is 0 Å². The molecule has 1 aliphatic carbocycles. The highest BCUT2D eigenvalue weighted by atomic mass is 32.1. The van der Waals surface area contributed by atoms with Crippen LogP contribution >= 0.6 is 22.7 Å². The van der Waals surface area contributed by atoms with Crippen LogP contribution in [0.5, 0.6) is 0 Å². The van der Waals surface area contributed by atoms with Crippen molar-refractivity contribution in [1.82, 2.24) is 20.5 Å². The molecular formula is C12H16N4S2.